The van der Waals surface area contributed by atoms with Crippen molar-refractivity contribution in [1.82, 2.24) is 24.3 Å². The van der Waals surface area contributed by atoms with Crippen molar-refractivity contribution in [2.45, 2.75) is 13.0 Å². The lowest BCUT2D eigenvalue weighted by Crippen LogP contribution is -2.21. The molecular weight excluding hydrogens is 242 g/mol. The summed E-state index contributed by atoms with van der Waals surface area (Å²) < 4.78 is 3.19. The standard InChI is InChI=1S/C13H13N5O/c1-17-12-11(8-16-17)13(19)18(9-15-12)7-5-10-4-2-3-6-14-10/h2-4,6,8-9H,5,7H2,1H3. The first kappa shape index (κ1) is 11.6. The molecule has 3 aromatic rings. The van der Waals surface area contributed by atoms with Gasteiger partial charge in [0.2, 0.25) is 0 Å². The molecule has 6 heteroatoms. The molecule has 0 aliphatic carbocycles. The van der Waals surface area contributed by atoms with Crippen LogP contribution in [-0.2, 0) is 20.0 Å². The number of nitrogens with zero attached hydrogens (tertiary/aromatic N) is 5. The fourth-order valence-electron chi connectivity index (χ4n) is 2.01. The molecule has 0 bridgehead atoms. The van der Waals surface area contributed by atoms with Crippen molar-refractivity contribution in [3.05, 3.63) is 53.0 Å². The van der Waals surface area contributed by atoms with Crippen LogP contribution in [0, 0.1) is 0 Å². The molecule has 0 spiro atoms. The highest BCUT2D eigenvalue weighted by atomic mass is 16.1. The summed E-state index contributed by atoms with van der Waals surface area (Å²) in [5.74, 6) is 0. The minimum Gasteiger partial charge on any atom is -0.298 e. The first-order chi connectivity index (χ1) is 9.25. The number of aryl methyl sites for hydroxylation is 3. The lowest BCUT2D eigenvalue weighted by Gasteiger charge is -2.04. The number of rotatable bonds is 3. The lowest BCUT2D eigenvalue weighted by atomic mass is 10.2. The molecule has 0 unspecified atom stereocenters. The number of hydrogen-bond acceptors (Lipinski definition) is 4. The summed E-state index contributed by atoms with van der Waals surface area (Å²) in [4.78, 5) is 20.7. The predicted octanol–water partition coefficient (Wildman–Crippen LogP) is 0.768. The van der Waals surface area contributed by atoms with Crippen LogP contribution in [0.25, 0.3) is 11.0 Å². The zero-order valence-electron chi connectivity index (χ0n) is 10.5. The van der Waals surface area contributed by atoms with Gasteiger partial charge in [-0.25, -0.2) is 4.98 Å². The Kier molecular flexibility index (Phi) is 2.83. The topological polar surface area (TPSA) is 65.6 Å². The average Bonchev–Trinajstić information content (AvgIpc) is 2.82. The van der Waals surface area contributed by atoms with Gasteiger partial charge in [-0.2, -0.15) is 5.10 Å². The number of fused-ring (bicyclic) bond motifs is 1. The Morgan fingerprint density at radius 3 is 2.95 bits per heavy atom. The third-order valence-corrected chi connectivity index (χ3v) is 3.05. The van der Waals surface area contributed by atoms with Gasteiger partial charge in [0.05, 0.1) is 12.5 Å². The van der Waals surface area contributed by atoms with E-state index in [-0.39, 0.29) is 5.56 Å². The van der Waals surface area contributed by atoms with Crippen molar-refractivity contribution in [2.75, 3.05) is 0 Å². The van der Waals surface area contributed by atoms with Crippen LogP contribution in [0.15, 0.2) is 41.7 Å². The van der Waals surface area contributed by atoms with E-state index in [4.69, 9.17) is 0 Å². The summed E-state index contributed by atoms with van der Waals surface area (Å²) >= 11 is 0. The summed E-state index contributed by atoms with van der Waals surface area (Å²) in [6, 6.07) is 5.76. The maximum Gasteiger partial charge on any atom is 0.264 e. The fourth-order valence-corrected chi connectivity index (χ4v) is 2.01. The van der Waals surface area contributed by atoms with Crippen molar-refractivity contribution in [3.8, 4) is 0 Å². The second kappa shape index (κ2) is 4.64. The second-order valence-corrected chi connectivity index (χ2v) is 4.32. The molecule has 3 heterocycles. The van der Waals surface area contributed by atoms with Gasteiger partial charge >= 0.3 is 0 Å². The molecule has 0 amide bonds. The first-order valence-electron chi connectivity index (χ1n) is 6.03. The third kappa shape index (κ3) is 2.12. The van der Waals surface area contributed by atoms with E-state index in [1.54, 1.807) is 35.0 Å². The Morgan fingerprint density at radius 2 is 2.16 bits per heavy atom. The second-order valence-electron chi connectivity index (χ2n) is 4.32. The summed E-state index contributed by atoms with van der Waals surface area (Å²) in [6.45, 7) is 0.563. The van der Waals surface area contributed by atoms with Crippen molar-refractivity contribution in [2.24, 2.45) is 7.05 Å². The Morgan fingerprint density at radius 1 is 1.26 bits per heavy atom. The predicted molar refractivity (Wildman–Crippen MR) is 70.7 cm³/mol. The number of aromatic nitrogens is 5. The molecule has 0 radical (unpaired) electrons. The van der Waals surface area contributed by atoms with Gasteiger partial charge in [0.1, 0.15) is 5.39 Å². The van der Waals surface area contributed by atoms with E-state index >= 15 is 0 Å². The summed E-state index contributed by atoms with van der Waals surface area (Å²) in [7, 11) is 1.77. The van der Waals surface area contributed by atoms with E-state index in [0.717, 1.165) is 5.69 Å². The maximum absolute atomic E-state index is 12.2. The van der Waals surface area contributed by atoms with Crippen LogP contribution in [0.4, 0.5) is 0 Å². The molecule has 0 aliphatic rings. The van der Waals surface area contributed by atoms with Crippen LogP contribution >= 0.6 is 0 Å². The highest BCUT2D eigenvalue weighted by molar-refractivity contribution is 5.72. The van der Waals surface area contributed by atoms with Gasteiger partial charge < -0.3 is 0 Å². The monoisotopic (exact) mass is 255 g/mol. The van der Waals surface area contributed by atoms with E-state index in [1.165, 1.54) is 0 Å². The van der Waals surface area contributed by atoms with Gasteiger partial charge in [0.15, 0.2) is 5.65 Å². The summed E-state index contributed by atoms with van der Waals surface area (Å²) in [5, 5.41) is 4.59. The van der Waals surface area contributed by atoms with Crippen LogP contribution < -0.4 is 5.56 Å². The average molecular weight is 255 g/mol. The Balaban J connectivity index is 1.90. The number of hydrogen-bond donors (Lipinski definition) is 0. The lowest BCUT2D eigenvalue weighted by molar-refractivity contribution is 0.652. The molecule has 0 saturated heterocycles. The van der Waals surface area contributed by atoms with Gasteiger partial charge in [-0.3, -0.25) is 19.0 Å². The minimum atomic E-state index is -0.0611. The smallest absolute Gasteiger partial charge is 0.264 e. The highest BCUT2D eigenvalue weighted by Gasteiger charge is 2.07. The van der Waals surface area contributed by atoms with E-state index in [1.807, 2.05) is 18.2 Å². The van der Waals surface area contributed by atoms with Crippen LogP contribution in [0.1, 0.15) is 5.69 Å². The van der Waals surface area contributed by atoms with Crippen LogP contribution in [-0.4, -0.2) is 24.3 Å². The first-order valence-corrected chi connectivity index (χ1v) is 6.03. The molecule has 19 heavy (non-hydrogen) atoms. The maximum atomic E-state index is 12.2. The van der Waals surface area contributed by atoms with Gasteiger partial charge in [-0.15, -0.1) is 0 Å². The zero-order chi connectivity index (χ0) is 13.2. The van der Waals surface area contributed by atoms with Crippen molar-refractivity contribution in [3.63, 3.8) is 0 Å². The number of pyridine rings is 1. The Bertz CT molecular complexity index is 760. The van der Waals surface area contributed by atoms with Crippen molar-refractivity contribution in [1.29, 1.82) is 0 Å². The molecule has 0 aromatic carbocycles. The third-order valence-electron chi connectivity index (χ3n) is 3.05. The normalized spacial score (nSPS) is 11.0. The van der Waals surface area contributed by atoms with Crippen LogP contribution in [0.3, 0.4) is 0 Å². The van der Waals surface area contributed by atoms with Gasteiger partial charge in [-0.05, 0) is 12.1 Å². The molecular formula is C13H13N5O. The Hall–Kier alpha value is -2.50. The highest BCUT2D eigenvalue weighted by Crippen LogP contribution is 2.03. The van der Waals surface area contributed by atoms with E-state index in [0.29, 0.717) is 24.0 Å². The molecule has 0 aliphatic heterocycles. The minimum absolute atomic E-state index is 0.0611. The van der Waals surface area contributed by atoms with Crippen molar-refractivity contribution >= 4 is 11.0 Å². The molecule has 0 N–H and O–H groups in total. The Labute approximate surface area is 109 Å². The van der Waals surface area contributed by atoms with Gasteiger partial charge in [-0.1, -0.05) is 6.07 Å². The quantitative estimate of drug-likeness (QED) is 0.693. The fraction of sp³-hybridized carbons (Fsp3) is 0.231. The summed E-state index contributed by atoms with van der Waals surface area (Å²) in [6.07, 6.45) is 5.58. The molecule has 0 atom stereocenters. The molecule has 96 valence electrons. The molecule has 3 aromatic heterocycles. The van der Waals surface area contributed by atoms with Gasteiger partial charge in [0, 0.05) is 31.9 Å². The molecule has 0 saturated carbocycles. The van der Waals surface area contributed by atoms with E-state index in [2.05, 4.69) is 15.1 Å². The SMILES string of the molecule is Cn1ncc2c(=O)n(CCc3ccccn3)cnc21. The largest absolute Gasteiger partial charge is 0.298 e. The van der Waals surface area contributed by atoms with Gasteiger partial charge in [0.25, 0.3) is 5.56 Å². The summed E-state index contributed by atoms with van der Waals surface area (Å²) in [5.41, 5.74) is 1.51. The van der Waals surface area contributed by atoms with Crippen LogP contribution in [0.2, 0.25) is 0 Å². The zero-order valence-corrected chi connectivity index (χ0v) is 10.5. The molecule has 6 nitrogen and oxygen atoms in total. The van der Waals surface area contributed by atoms with Crippen molar-refractivity contribution < 1.29 is 0 Å². The van der Waals surface area contributed by atoms with E-state index < -0.39 is 0 Å². The molecule has 0 fully saturated rings. The van der Waals surface area contributed by atoms with Crippen LogP contribution in [0.5, 0.6) is 0 Å². The molecule has 3 rings (SSSR count). The van der Waals surface area contributed by atoms with E-state index in [9.17, 15) is 4.79 Å².